The molecule has 0 unspecified atom stereocenters. The molecule has 0 saturated carbocycles. The van der Waals surface area contributed by atoms with E-state index in [1.54, 1.807) is 6.92 Å². The van der Waals surface area contributed by atoms with E-state index in [4.69, 9.17) is 24.7 Å². The minimum absolute atomic E-state index is 0.0669. The number of hydrogen-bond donors (Lipinski definition) is 5. The molecule has 0 aliphatic carbocycles. The fourth-order valence-corrected chi connectivity index (χ4v) is 3.41. The van der Waals surface area contributed by atoms with Gasteiger partial charge in [-0.3, -0.25) is 0 Å². The Morgan fingerprint density at radius 3 is 2.44 bits per heavy atom. The molecule has 0 aromatic carbocycles. The molecule has 160 valence electrons. The number of aliphatic hydroxyl groups is 4. The van der Waals surface area contributed by atoms with E-state index < -0.39 is 55.2 Å². The first-order valence-electron chi connectivity index (χ1n) is 9.87. The molecule has 2 rings (SSSR count). The van der Waals surface area contributed by atoms with E-state index in [1.807, 2.05) is 0 Å². The number of ether oxygens (including phenoxy) is 4. The molecular weight excluding hydrogens is 358 g/mol. The molecular formula is C18H35NO8. The second kappa shape index (κ2) is 11.0. The van der Waals surface area contributed by atoms with E-state index in [2.05, 4.69) is 6.92 Å². The molecule has 2 heterocycles. The number of unbranched alkanes of at least 4 members (excludes halogenated alkanes) is 3. The summed E-state index contributed by atoms with van der Waals surface area (Å²) in [5.74, 6) is 0. The van der Waals surface area contributed by atoms with Crippen LogP contribution in [0.3, 0.4) is 0 Å². The predicted octanol–water partition coefficient (Wildman–Crippen LogP) is -0.769. The smallest absolute Gasteiger partial charge is 0.186 e. The molecule has 6 N–H and O–H groups in total. The molecule has 9 heteroatoms. The van der Waals surface area contributed by atoms with Crippen LogP contribution in [-0.4, -0.2) is 88.9 Å². The summed E-state index contributed by atoms with van der Waals surface area (Å²) >= 11 is 0. The zero-order valence-corrected chi connectivity index (χ0v) is 16.1. The average Bonchev–Trinajstić information content (AvgIpc) is 2.64. The van der Waals surface area contributed by atoms with Crippen molar-refractivity contribution in [3.63, 3.8) is 0 Å². The van der Waals surface area contributed by atoms with Crippen molar-refractivity contribution in [2.45, 2.75) is 101 Å². The van der Waals surface area contributed by atoms with Crippen molar-refractivity contribution < 1.29 is 39.4 Å². The fourth-order valence-electron chi connectivity index (χ4n) is 3.41. The number of rotatable bonds is 9. The summed E-state index contributed by atoms with van der Waals surface area (Å²) in [4.78, 5) is 0. The van der Waals surface area contributed by atoms with Gasteiger partial charge in [0.05, 0.1) is 24.9 Å². The summed E-state index contributed by atoms with van der Waals surface area (Å²) in [6.07, 6.45) is -2.93. The van der Waals surface area contributed by atoms with Gasteiger partial charge >= 0.3 is 0 Å². The zero-order chi connectivity index (χ0) is 20.0. The van der Waals surface area contributed by atoms with Crippen LogP contribution in [0.2, 0.25) is 0 Å². The third-order valence-corrected chi connectivity index (χ3v) is 5.18. The molecule has 2 aliphatic heterocycles. The van der Waals surface area contributed by atoms with Crippen LogP contribution < -0.4 is 5.73 Å². The van der Waals surface area contributed by atoms with Crippen molar-refractivity contribution in [1.82, 2.24) is 0 Å². The highest BCUT2D eigenvalue weighted by molar-refractivity contribution is 4.94. The molecule has 0 aromatic heterocycles. The Morgan fingerprint density at radius 2 is 1.81 bits per heavy atom. The SMILES string of the molecule is CCCCCCO[C@@H]1O[C@H](CO)[C@H](O)[C@H](N)[C@H]1O[C@H]1C[C@H](O)[C@H](O)[C@H](C)O1. The van der Waals surface area contributed by atoms with E-state index in [0.717, 1.165) is 25.7 Å². The first-order valence-corrected chi connectivity index (χ1v) is 9.87. The van der Waals surface area contributed by atoms with Crippen LogP contribution in [0.4, 0.5) is 0 Å². The lowest BCUT2D eigenvalue weighted by Crippen LogP contribution is -2.64. The van der Waals surface area contributed by atoms with E-state index in [9.17, 15) is 20.4 Å². The van der Waals surface area contributed by atoms with Gasteiger partial charge in [0.25, 0.3) is 0 Å². The van der Waals surface area contributed by atoms with Crippen LogP contribution in [0.15, 0.2) is 0 Å². The summed E-state index contributed by atoms with van der Waals surface area (Å²) in [5, 5.41) is 39.4. The van der Waals surface area contributed by atoms with Gasteiger partial charge in [0, 0.05) is 13.0 Å². The Morgan fingerprint density at radius 1 is 1.07 bits per heavy atom. The summed E-state index contributed by atoms with van der Waals surface area (Å²) in [6, 6.07) is -0.862. The van der Waals surface area contributed by atoms with Gasteiger partial charge in [-0.15, -0.1) is 0 Å². The van der Waals surface area contributed by atoms with Crippen LogP contribution in [0, 0.1) is 0 Å². The summed E-state index contributed by atoms with van der Waals surface area (Å²) < 4.78 is 22.9. The Labute approximate surface area is 160 Å². The minimum Gasteiger partial charge on any atom is -0.394 e. The Hall–Kier alpha value is -0.360. The topological polar surface area (TPSA) is 144 Å². The maximum atomic E-state index is 10.3. The third kappa shape index (κ3) is 6.06. The van der Waals surface area contributed by atoms with E-state index in [0.29, 0.717) is 6.61 Å². The monoisotopic (exact) mass is 393 g/mol. The first kappa shape index (κ1) is 22.9. The minimum atomic E-state index is -1.13. The van der Waals surface area contributed by atoms with Crippen molar-refractivity contribution >= 4 is 0 Å². The van der Waals surface area contributed by atoms with Gasteiger partial charge in [0.2, 0.25) is 0 Å². The van der Waals surface area contributed by atoms with E-state index in [-0.39, 0.29) is 13.0 Å². The van der Waals surface area contributed by atoms with Gasteiger partial charge in [-0.05, 0) is 13.3 Å². The van der Waals surface area contributed by atoms with E-state index >= 15 is 0 Å². The van der Waals surface area contributed by atoms with Crippen LogP contribution in [0.25, 0.3) is 0 Å². The molecule has 9 atom stereocenters. The molecule has 27 heavy (non-hydrogen) atoms. The van der Waals surface area contributed by atoms with Gasteiger partial charge in [-0.1, -0.05) is 26.2 Å². The van der Waals surface area contributed by atoms with Crippen LogP contribution >= 0.6 is 0 Å². The molecule has 2 aliphatic rings. The number of aliphatic hydroxyl groups excluding tert-OH is 4. The lowest BCUT2D eigenvalue weighted by Gasteiger charge is -2.45. The summed E-state index contributed by atoms with van der Waals surface area (Å²) in [6.45, 7) is 3.81. The average molecular weight is 393 g/mol. The molecule has 0 amide bonds. The second-order valence-electron chi connectivity index (χ2n) is 7.39. The van der Waals surface area contributed by atoms with E-state index in [1.165, 1.54) is 0 Å². The molecule has 0 spiro atoms. The van der Waals surface area contributed by atoms with Gasteiger partial charge in [0.1, 0.15) is 24.4 Å². The summed E-state index contributed by atoms with van der Waals surface area (Å²) in [7, 11) is 0. The van der Waals surface area contributed by atoms with Crippen molar-refractivity contribution in [3.05, 3.63) is 0 Å². The fraction of sp³-hybridized carbons (Fsp3) is 1.00. The van der Waals surface area contributed by atoms with Gasteiger partial charge in [0.15, 0.2) is 12.6 Å². The van der Waals surface area contributed by atoms with Gasteiger partial charge in [-0.25, -0.2) is 0 Å². The van der Waals surface area contributed by atoms with Crippen LogP contribution in [-0.2, 0) is 18.9 Å². The largest absolute Gasteiger partial charge is 0.394 e. The number of nitrogens with two attached hydrogens (primary N) is 1. The third-order valence-electron chi connectivity index (χ3n) is 5.18. The Bertz CT molecular complexity index is 416. The van der Waals surface area contributed by atoms with Crippen molar-refractivity contribution in [2.75, 3.05) is 13.2 Å². The van der Waals surface area contributed by atoms with Crippen LogP contribution in [0.5, 0.6) is 0 Å². The highest BCUT2D eigenvalue weighted by atomic mass is 16.7. The normalized spacial score (nSPS) is 43.0. The van der Waals surface area contributed by atoms with Crippen molar-refractivity contribution in [3.8, 4) is 0 Å². The predicted molar refractivity (Wildman–Crippen MR) is 95.7 cm³/mol. The zero-order valence-electron chi connectivity index (χ0n) is 16.1. The highest BCUT2D eigenvalue weighted by Crippen LogP contribution is 2.28. The van der Waals surface area contributed by atoms with Gasteiger partial charge < -0.3 is 45.1 Å². The molecule has 2 fully saturated rings. The Balaban J connectivity index is 1.99. The first-order chi connectivity index (χ1) is 12.9. The molecule has 0 bridgehead atoms. The number of hydrogen-bond acceptors (Lipinski definition) is 9. The second-order valence-corrected chi connectivity index (χ2v) is 7.39. The maximum absolute atomic E-state index is 10.3. The quantitative estimate of drug-likeness (QED) is 0.319. The Kier molecular flexibility index (Phi) is 9.33. The lowest BCUT2D eigenvalue weighted by molar-refractivity contribution is -0.330. The summed E-state index contributed by atoms with van der Waals surface area (Å²) in [5.41, 5.74) is 6.13. The van der Waals surface area contributed by atoms with Gasteiger partial charge in [-0.2, -0.15) is 0 Å². The van der Waals surface area contributed by atoms with Crippen molar-refractivity contribution in [1.29, 1.82) is 0 Å². The molecule has 2 saturated heterocycles. The van der Waals surface area contributed by atoms with Crippen molar-refractivity contribution in [2.24, 2.45) is 5.73 Å². The molecule has 0 aromatic rings. The maximum Gasteiger partial charge on any atom is 0.186 e. The lowest BCUT2D eigenvalue weighted by atomic mass is 9.96. The standard InChI is InChI=1S/C18H35NO8/c1-3-4-5-6-7-24-18-17(14(19)16(23)12(9-20)26-18)27-13-8-11(21)15(22)10(2)25-13/h10-18,20-23H,3-9,19H2,1-2H3/t10-,11-,12+,13-,14-,15+,16-,17+,18+/m0/s1. The molecule has 0 radical (unpaired) electrons. The highest BCUT2D eigenvalue weighted by Gasteiger charge is 2.47. The van der Waals surface area contributed by atoms with Crippen LogP contribution in [0.1, 0.15) is 46.0 Å². The molecule has 9 nitrogen and oxygen atoms in total.